The van der Waals surface area contributed by atoms with Gasteiger partial charge in [0.1, 0.15) is 0 Å². The molecule has 0 amide bonds. The lowest BCUT2D eigenvalue weighted by molar-refractivity contribution is 1.53. The quantitative estimate of drug-likeness (QED) is 0.702. The first-order valence-electron chi connectivity index (χ1n) is 4.38. The number of hydrogen-bond acceptors (Lipinski definition) is 3. The first-order valence-corrected chi connectivity index (χ1v) is 5.26. The van der Waals surface area contributed by atoms with E-state index in [0.29, 0.717) is 5.69 Å². The maximum Gasteiger partial charge on any atom is 0.0422 e. The smallest absolute Gasteiger partial charge is 0.0422 e. The van der Waals surface area contributed by atoms with Crippen LogP contribution >= 0.6 is 11.3 Å². The van der Waals surface area contributed by atoms with Crippen molar-refractivity contribution in [2.75, 3.05) is 11.5 Å². The molecule has 0 spiro atoms. The number of thiophene rings is 1. The molecule has 1 aromatic heterocycles. The Morgan fingerprint density at radius 2 is 1.93 bits per heavy atom. The van der Waals surface area contributed by atoms with Crippen LogP contribution in [0.1, 0.15) is 5.56 Å². The van der Waals surface area contributed by atoms with Gasteiger partial charge in [-0.15, -0.1) is 11.3 Å². The molecule has 0 unspecified atom stereocenters. The van der Waals surface area contributed by atoms with Gasteiger partial charge in [0.25, 0.3) is 0 Å². The van der Waals surface area contributed by atoms with Gasteiger partial charge < -0.3 is 11.5 Å². The number of benzene rings is 1. The van der Waals surface area contributed by atoms with Crippen LogP contribution in [0.5, 0.6) is 0 Å². The van der Waals surface area contributed by atoms with Crippen molar-refractivity contribution in [3.8, 4) is 10.4 Å². The molecule has 2 rings (SSSR count). The standard InChI is InChI=1S/C11H12N2S/c1-7-4-5-14-11(7)9-3-2-8(12)6-10(9)13/h2-6H,12-13H2,1H3. The van der Waals surface area contributed by atoms with Crippen molar-refractivity contribution in [3.63, 3.8) is 0 Å². The molecule has 72 valence electrons. The highest BCUT2D eigenvalue weighted by Crippen LogP contribution is 2.33. The zero-order valence-corrected chi connectivity index (χ0v) is 8.77. The number of rotatable bonds is 1. The SMILES string of the molecule is Cc1ccsc1-c1ccc(N)cc1N. The zero-order chi connectivity index (χ0) is 10.1. The lowest BCUT2D eigenvalue weighted by Gasteiger charge is -2.05. The fourth-order valence-electron chi connectivity index (χ4n) is 1.44. The Labute approximate surface area is 87.2 Å². The number of aryl methyl sites for hydroxylation is 1. The van der Waals surface area contributed by atoms with Crippen molar-refractivity contribution < 1.29 is 0 Å². The summed E-state index contributed by atoms with van der Waals surface area (Å²) in [7, 11) is 0. The van der Waals surface area contributed by atoms with Crippen molar-refractivity contribution in [1.29, 1.82) is 0 Å². The van der Waals surface area contributed by atoms with Crippen LogP contribution in [-0.2, 0) is 0 Å². The van der Waals surface area contributed by atoms with E-state index in [4.69, 9.17) is 11.5 Å². The number of nitrogen functional groups attached to an aromatic ring is 2. The molecule has 0 fully saturated rings. The summed E-state index contributed by atoms with van der Waals surface area (Å²) >= 11 is 1.70. The summed E-state index contributed by atoms with van der Waals surface area (Å²) in [5, 5.41) is 2.07. The highest BCUT2D eigenvalue weighted by Gasteiger charge is 2.06. The second kappa shape index (κ2) is 3.35. The van der Waals surface area contributed by atoms with E-state index in [-0.39, 0.29) is 0 Å². The predicted octanol–water partition coefficient (Wildman–Crippen LogP) is 2.89. The Morgan fingerprint density at radius 3 is 2.50 bits per heavy atom. The molecule has 0 aliphatic heterocycles. The molecule has 0 bridgehead atoms. The van der Waals surface area contributed by atoms with Crippen LogP contribution < -0.4 is 11.5 Å². The maximum atomic E-state index is 5.91. The zero-order valence-electron chi connectivity index (χ0n) is 7.95. The minimum Gasteiger partial charge on any atom is -0.399 e. The minimum atomic E-state index is 0.709. The van der Waals surface area contributed by atoms with Crippen molar-refractivity contribution >= 4 is 22.7 Å². The van der Waals surface area contributed by atoms with Crippen LogP contribution in [-0.4, -0.2) is 0 Å². The molecule has 0 saturated carbocycles. The van der Waals surface area contributed by atoms with Gasteiger partial charge in [-0.1, -0.05) is 0 Å². The topological polar surface area (TPSA) is 52.0 Å². The van der Waals surface area contributed by atoms with Gasteiger partial charge in [-0.2, -0.15) is 0 Å². The van der Waals surface area contributed by atoms with Crippen LogP contribution in [0.15, 0.2) is 29.6 Å². The van der Waals surface area contributed by atoms with Crippen LogP contribution in [0.3, 0.4) is 0 Å². The maximum absolute atomic E-state index is 5.91. The molecule has 2 aromatic rings. The molecule has 0 saturated heterocycles. The molecule has 4 N–H and O–H groups in total. The molecule has 1 aromatic carbocycles. The van der Waals surface area contributed by atoms with Gasteiger partial charge in [0, 0.05) is 21.8 Å². The second-order valence-corrected chi connectivity index (χ2v) is 4.20. The van der Waals surface area contributed by atoms with Gasteiger partial charge in [-0.05, 0) is 42.1 Å². The van der Waals surface area contributed by atoms with E-state index >= 15 is 0 Å². The van der Waals surface area contributed by atoms with Gasteiger partial charge in [0.2, 0.25) is 0 Å². The summed E-state index contributed by atoms with van der Waals surface area (Å²) in [4.78, 5) is 1.22. The van der Waals surface area contributed by atoms with E-state index in [1.54, 1.807) is 17.4 Å². The van der Waals surface area contributed by atoms with E-state index in [9.17, 15) is 0 Å². The number of hydrogen-bond donors (Lipinski definition) is 2. The number of anilines is 2. The normalized spacial score (nSPS) is 10.4. The largest absolute Gasteiger partial charge is 0.399 e. The molecule has 0 aliphatic carbocycles. The highest BCUT2D eigenvalue weighted by molar-refractivity contribution is 7.13. The Balaban J connectivity index is 2.58. The minimum absolute atomic E-state index is 0.709. The van der Waals surface area contributed by atoms with E-state index in [1.807, 2.05) is 12.1 Å². The van der Waals surface area contributed by atoms with Crippen LogP contribution in [0.2, 0.25) is 0 Å². The third-order valence-corrected chi connectivity index (χ3v) is 3.23. The molecule has 0 radical (unpaired) electrons. The van der Waals surface area contributed by atoms with Crippen LogP contribution in [0.25, 0.3) is 10.4 Å². The Kier molecular flexibility index (Phi) is 2.17. The first-order chi connectivity index (χ1) is 6.68. The summed E-state index contributed by atoms with van der Waals surface area (Å²) in [6, 6.07) is 7.75. The van der Waals surface area contributed by atoms with Gasteiger partial charge in [-0.25, -0.2) is 0 Å². The molecule has 0 aliphatic rings. The fraction of sp³-hybridized carbons (Fsp3) is 0.0909. The molecule has 1 heterocycles. The average molecular weight is 204 g/mol. The Hall–Kier alpha value is -1.48. The van der Waals surface area contributed by atoms with Crippen LogP contribution in [0.4, 0.5) is 11.4 Å². The van der Waals surface area contributed by atoms with E-state index in [1.165, 1.54) is 10.4 Å². The molecule has 0 atom stereocenters. The van der Waals surface area contributed by atoms with Crippen LogP contribution in [0, 0.1) is 6.92 Å². The summed E-state index contributed by atoms with van der Waals surface area (Å²) in [5.41, 5.74) is 15.3. The molecular weight excluding hydrogens is 192 g/mol. The fourth-order valence-corrected chi connectivity index (χ4v) is 2.41. The Morgan fingerprint density at radius 1 is 1.14 bits per heavy atom. The third-order valence-electron chi connectivity index (χ3n) is 2.18. The highest BCUT2D eigenvalue weighted by atomic mass is 32.1. The van der Waals surface area contributed by atoms with E-state index in [0.717, 1.165) is 11.3 Å². The molecule has 2 nitrogen and oxygen atoms in total. The lowest BCUT2D eigenvalue weighted by atomic mass is 10.1. The van der Waals surface area contributed by atoms with Gasteiger partial charge in [-0.3, -0.25) is 0 Å². The summed E-state index contributed by atoms with van der Waals surface area (Å²) in [6.45, 7) is 2.08. The van der Waals surface area contributed by atoms with E-state index in [2.05, 4.69) is 18.4 Å². The van der Waals surface area contributed by atoms with Gasteiger partial charge in [0.05, 0.1) is 0 Å². The lowest BCUT2D eigenvalue weighted by Crippen LogP contribution is -1.92. The molecule has 3 heteroatoms. The summed E-state index contributed by atoms with van der Waals surface area (Å²) in [6.07, 6.45) is 0. The van der Waals surface area contributed by atoms with Gasteiger partial charge in [0.15, 0.2) is 0 Å². The summed E-state index contributed by atoms with van der Waals surface area (Å²) < 4.78 is 0. The summed E-state index contributed by atoms with van der Waals surface area (Å²) in [5.74, 6) is 0. The third kappa shape index (κ3) is 1.46. The first kappa shape index (κ1) is 9.09. The van der Waals surface area contributed by atoms with Crippen molar-refractivity contribution in [2.24, 2.45) is 0 Å². The predicted molar refractivity (Wildman–Crippen MR) is 63.3 cm³/mol. The van der Waals surface area contributed by atoms with Crippen molar-refractivity contribution in [1.82, 2.24) is 0 Å². The van der Waals surface area contributed by atoms with E-state index < -0.39 is 0 Å². The number of nitrogens with two attached hydrogens (primary N) is 2. The van der Waals surface area contributed by atoms with Gasteiger partial charge >= 0.3 is 0 Å². The van der Waals surface area contributed by atoms with Crippen molar-refractivity contribution in [3.05, 3.63) is 35.2 Å². The molecule has 14 heavy (non-hydrogen) atoms. The van der Waals surface area contributed by atoms with Crippen molar-refractivity contribution in [2.45, 2.75) is 6.92 Å². The Bertz CT molecular complexity index is 460. The average Bonchev–Trinajstić information content (AvgIpc) is 2.52. The second-order valence-electron chi connectivity index (χ2n) is 3.28. The molecular formula is C11H12N2S. The monoisotopic (exact) mass is 204 g/mol.